The molecule has 0 aromatic heterocycles. The lowest BCUT2D eigenvalue weighted by Gasteiger charge is -2.33. The van der Waals surface area contributed by atoms with Crippen LogP contribution in [-0.2, 0) is 38.1 Å². The zero-order chi connectivity index (χ0) is 49.2. The minimum atomic E-state index is -1.02. The summed E-state index contributed by atoms with van der Waals surface area (Å²) in [5, 5.41) is 0. The first-order valence-electron chi connectivity index (χ1n) is 27.5. The van der Waals surface area contributed by atoms with E-state index < -0.39 is 28.9 Å². The van der Waals surface area contributed by atoms with E-state index in [0.29, 0.717) is 12.8 Å². The van der Waals surface area contributed by atoms with Crippen LogP contribution in [0.4, 0.5) is 4.79 Å². The summed E-state index contributed by atoms with van der Waals surface area (Å²) in [7, 11) is 0. The maximum Gasteiger partial charge on any atom is 0.508 e. The van der Waals surface area contributed by atoms with Gasteiger partial charge < -0.3 is 28.6 Å². The Morgan fingerprint density at radius 1 is 0.485 bits per heavy atom. The molecule has 0 aliphatic rings. The zero-order valence-corrected chi connectivity index (χ0v) is 44.6. The van der Waals surface area contributed by atoms with Crippen molar-refractivity contribution in [1.29, 1.82) is 0 Å². The maximum absolute atomic E-state index is 13.8. The van der Waals surface area contributed by atoms with Gasteiger partial charge >= 0.3 is 24.1 Å². The molecule has 1 unspecified atom stereocenters. The number of ether oxygens (including phenoxy) is 5. The summed E-state index contributed by atoms with van der Waals surface area (Å²) in [5.41, 5.74) is -1.95. The van der Waals surface area contributed by atoms with E-state index >= 15 is 0 Å². The lowest BCUT2D eigenvalue weighted by Crippen LogP contribution is -2.39. The second kappa shape index (κ2) is 42.5. The molecule has 10 nitrogen and oxygen atoms in total. The summed E-state index contributed by atoms with van der Waals surface area (Å²) in [5.74, 6) is -1.68. The lowest BCUT2D eigenvalue weighted by molar-refractivity contribution is -0.167. The van der Waals surface area contributed by atoms with Crippen molar-refractivity contribution in [3.63, 3.8) is 0 Å². The van der Waals surface area contributed by atoms with Crippen molar-refractivity contribution in [2.24, 2.45) is 16.7 Å². The van der Waals surface area contributed by atoms with Gasteiger partial charge in [0.1, 0.15) is 25.9 Å². The number of allylic oxidation sites excluding steroid dienone is 2. The number of hydrogen-bond donors (Lipinski definition) is 0. The standard InChI is InChI=1S/C56H105NO9/c1-10-15-18-21-24-25-26-27-28-29-30-31-32-35-38-42-51(58)63-45-49(47-65-54(61)62-44-39-43-57(13-4)14-5)46-64-52(59)55(6,7)48-56(8,9)53(60)66-50(40-36-33-22-19-16-11-2)41-37-34-23-20-17-12-3/h27-28,49-50H,10-26,29-48H2,1-9H3/b28-27-. The average molecular weight is 936 g/mol. The van der Waals surface area contributed by atoms with Gasteiger partial charge in [-0.2, -0.15) is 0 Å². The fourth-order valence-corrected chi connectivity index (χ4v) is 8.49. The molecule has 0 N–H and O–H groups in total. The van der Waals surface area contributed by atoms with E-state index in [1.165, 1.54) is 96.3 Å². The van der Waals surface area contributed by atoms with E-state index in [-0.39, 0.29) is 50.9 Å². The highest BCUT2D eigenvalue weighted by molar-refractivity contribution is 5.80. The third-order valence-corrected chi connectivity index (χ3v) is 12.8. The highest BCUT2D eigenvalue weighted by Gasteiger charge is 2.42. The molecule has 0 fully saturated rings. The molecule has 0 saturated heterocycles. The Labute approximate surface area is 406 Å². The minimum absolute atomic E-state index is 0.0662. The normalized spacial score (nSPS) is 12.5. The van der Waals surface area contributed by atoms with Crippen molar-refractivity contribution in [3.8, 4) is 0 Å². The molecule has 0 heterocycles. The molecule has 0 aliphatic carbocycles. The molecule has 0 rings (SSSR count). The largest absolute Gasteiger partial charge is 0.508 e. The average Bonchev–Trinajstić information content (AvgIpc) is 3.29. The van der Waals surface area contributed by atoms with Crippen LogP contribution in [0.3, 0.4) is 0 Å². The van der Waals surface area contributed by atoms with Gasteiger partial charge in [0, 0.05) is 13.0 Å². The molecule has 388 valence electrons. The Morgan fingerprint density at radius 3 is 1.44 bits per heavy atom. The fourth-order valence-electron chi connectivity index (χ4n) is 8.49. The van der Waals surface area contributed by atoms with Gasteiger partial charge in [-0.3, -0.25) is 14.4 Å². The number of carbonyl (C=O) groups excluding carboxylic acids is 4. The van der Waals surface area contributed by atoms with Crippen molar-refractivity contribution in [3.05, 3.63) is 12.2 Å². The molecule has 0 spiro atoms. The summed E-state index contributed by atoms with van der Waals surface area (Å²) in [6, 6.07) is 0. The molecule has 0 radical (unpaired) electrons. The van der Waals surface area contributed by atoms with Crippen LogP contribution in [0.1, 0.15) is 255 Å². The molecule has 0 saturated carbocycles. The van der Waals surface area contributed by atoms with Gasteiger partial charge in [0.25, 0.3) is 0 Å². The predicted octanol–water partition coefficient (Wildman–Crippen LogP) is 15.5. The summed E-state index contributed by atoms with van der Waals surface area (Å²) in [6.07, 6.45) is 36.2. The SMILES string of the molecule is CCCCCCCC/C=C\CCCCCCCC(=O)OCC(COC(=O)OCCCN(CC)CC)COC(=O)C(C)(C)CC(C)(C)C(=O)OC(CCCCCCCC)CCCCCCCC. The van der Waals surface area contributed by atoms with E-state index in [2.05, 4.69) is 51.7 Å². The second-order valence-corrected chi connectivity index (χ2v) is 20.4. The third kappa shape index (κ3) is 36.4. The summed E-state index contributed by atoms with van der Waals surface area (Å²) >= 11 is 0. The topological polar surface area (TPSA) is 118 Å². The minimum Gasteiger partial charge on any atom is -0.465 e. The monoisotopic (exact) mass is 936 g/mol. The number of rotatable bonds is 46. The molecule has 0 aromatic rings. The Balaban J connectivity index is 5.23. The first-order chi connectivity index (χ1) is 31.8. The predicted molar refractivity (Wildman–Crippen MR) is 273 cm³/mol. The summed E-state index contributed by atoms with van der Waals surface area (Å²) in [4.78, 5) is 55.1. The van der Waals surface area contributed by atoms with Crippen molar-refractivity contribution in [2.45, 2.75) is 261 Å². The zero-order valence-electron chi connectivity index (χ0n) is 44.6. The molecule has 0 aromatic carbocycles. The fraction of sp³-hybridized carbons (Fsp3) is 0.893. The molecule has 0 bridgehead atoms. The van der Waals surface area contributed by atoms with Crippen LogP contribution in [0.2, 0.25) is 0 Å². The van der Waals surface area contributed by atoms with E-state index in [1.807, 2.05) is 13.8 Å². The first kappa shape index (κ1) is 63.4. The first-order valence-corrected chi connectivity index (χ1v) is 27.5. The van der Waals surface area contributed by atoms with Crippen LogP contribution in [-0.4, -0.2) is 81.1 Å². The van der Waals surface area contributed by atoms with E-state index in [1.54, 1.807) is 13.8 Å². The van der Waals surface area contributed by atoms with Crippen LogP contribution in [0.5, 0.6) is 0 Å². The molecule has 66 heavy (non-hydrogen) atoms. The van der Waals surface area contributed by atoms with Crippen LogP contribution >= 0.6 is 0 Å². The Morgan fingerprint density at radius 2 is 0.924 bits per heavy atom. The Bertz CT molecular complexity index is 1200. The van der Waals surface area contributed by atoms with Gasteiger partial charge in [-0.1, -0.05) is 162 Å². The van der Waals surface area contributed by atoms with E-state index in [4.69, 9.17) is 23.7 Å². The molecule has 0 amide bonds. The highest BCUT2D eigenvalue weighted by atomic mass is 16.7. The number of nitrogens with zero attached hydrogens (tertiary/aromatic N) is 1. The Kier molecular flexibility index (Phi) is 40.8. The van der Waals surface area contributed by atoms with Crippen LogP contribution in [0.15, 0.2) is 12.2 Å². The Hall–Kier alpha value is -2.62. The van der Waals surface area contributed by atoms with Crippen molar-refractivity contribution in [1.82, 2.24) is 4.90 Å². The molecule has 10 heteroatoms. The number of esters is 3. The van der Waals surface area contributed by atoms with Gasteiger partial charge in [-0.15, -0.1) is 0 Å². The highest BCUT2D eigenvalue weighted by Crippen LogP contribution is 2.37. The smallest absolute Gasteiger partial charge is 0.465 e. The van der Waals surface area contributed by atoms with E-state index in [9.17, 15) is 19.2 Å². The number of unbranched alkanes of at least 4 members (excludes halogenated alkanes) is 21. The third-order valence-electron chi connectivity index (χ3n) is 12.8. The van der Waals surface area contributed by atoms with Gasteiger partial charge in [-0.05, 0) is 111 Å². The number of carbonyl (C=O) groups is 4. The van der Waals surface area contributed by atoms with E-state index in [0.717, 1.165) is 96.7 Å². The van der Waals surface area contributed by atoms with Gasteiger partial charge in [0.05, 0.1) is 23.4 Å². The van der Waals surface area contributed by atoms with Crippen LogP contribution < -0.4 is 0 Å². The second-order valence-electron chi connectivity index (χ2n) is 20.4. The van der Waals surface area contributed by atoms with Crippen molar-refractivity contribution < 1.29 is 42.9 Å². The number of hydrogen-bond acceptors (Lipinski definition) is 10. The van der Waals surface area contributed by atoms with Gasteiger partial charge in [0.2, 0.25) is 0 Å². The van der Waals surface area contributed by atoms with Gasteiger partial charge in [0.15, 0.2) is 0 Å². The summed E-state index contributed by atoms with van der Waals surface area (Å²) < 4.78 is 28.5. The van der Waals surface area contributed by atoms with Crippen LogP contribution in [0.25, 0.3) is 0 Å². The molecular formula is C56H105NO9. The molecule has 1 atom stereocenters. The maximum atomic E-state index is 13.8. The van der Waals surface area contributed by atoms with Crippen molar-refractivity contribution in [2.75, 3.05) is 46.1 Å². The lowest BCUT2D eigenvalue weighted by atomic mass is 9.75. The molecular weight excluding hydrogens is 831 g/mol. The van der Waals surface area contributed by atoms with Gasteiger partial charge in [-0.25, -0.2) is 4.79 Å². The van der Waals surface area contributed by atoms with Crippen molar-refractivity contribution >= 4 is 24.1 Å². The molecule has 0 aliphatic heterocycles. The van der Waals surface area contributed by atoms with Crippen LogP contribution in [0, 0.1) is 16.7 Å². The summed E-state index contributed by atoms with van der Waals surface area (Å²) in [6.45, 7) is 20.7. The quantitative estimate of drug-likeness (QED) is 0.0253.